The lowest BCUT2D eigenvalue weighted by molar-refractivity contribution is 0.0252. The lowest BCUT2D eigenvalue weighted by atomic mass is 9.93. The van der Waals surface area contributed by atoms with Crippen molar-refractivity contribution in [3.63, 3.8) is 0 Å². The van der Waals surface area contributed by atoms with E-state index in [1.165, 1.54) is 30.5 Å². The summed E-state index contributed by atoms with van der Waals surface area (Å²) in [6.07, 6.45) is 1.12. The third-order valence-electron chi connectivity index (χ3n) is 4.61. The molecule has 1 amide bonds. The summed E-state index contributed by atoms with van der Waals surface area (Å²) in [5, 5.41) is -0.189. The molecule has 1 atom stereocenters. The van der Waals surface area contributed by atoms with E-state index in [-0.39, 0.29) is 15.6 Å². The van der Waals surface area contributed by atoms with Crippen LogP contribution < -0.4 is 4.72 Å². The fourth-order valence-corrected chi connectivity index (χ4v) is 4.33. The molecule has 0 saturated carbocycles. The molecule has 1 unspecified atom stereocenters. The highest BCUT2D eigenvalue weighted by Gasteiger charge is 2.29. The van der Waals surface area contributed by atoms with Gasteiger partial charge in [-0.25, -0.2) is 14.5 Å². The van der Waals surface area contributed by atoms with Crippen molar-refractivity contribution in [1.29, 1.82) is 0 Å². The number of esters is 1. The zero-order valence-electron chi connectivity index (χ0n) is 15.4. The molecule has 4 rings (SSSR count). The van der Waals surface area contributed by atoms with E-state index in [1.807, 2.05) is 35.1 Å². The number of hydrogen-bond acceptors (Lipinski definition) is 6. The van der Waals surface area contributed by atoms with E-state index in [1.54, 1.807) is 0 Å². The maximum absolute atomic E-state index is 12.6. The number of sulfonamides is 1. The quantitative estimate of drug-likeness (QED) is 0.622. The molecular weight excluding hydrogens is 428 g/mol. The highest BCUT2D eigenvalue weighted by molar-refractivity contribution is 7.90. The zero-order chi connectivity index (χ0) is 21.3. The van der Waals surface area contributed by atoms with Crippen molar-refractivity contribution in [2.45, 2.75) is 17.6 Å². The molecule has 0 spiro atoms. The Bertz CT molecular complexity index is 1250. The van der Waals surface area contributed by atoms with Crippen molar-refractivity contribution in [2.75, 3.05) is 0 Å². The average molecular weight is 443 g/mol. The van der Waals surface area contributed by atoms with Crippen LogP contribution in [0.3, 0.4) is 0 Å². The number of fused-ring (bicyclic) bond motifs is 1. The van der Waals surface area contributed by atoms with Gasteiger partial charge in [0.1, 0.15) is 6.10 Å². The van der Waals surface area contributed by atoms with Crippen molar-refractivity contribution in [2.24, 2.45) is 0 Å². The number of pyridine rings is 1. The molecule has 1 aromatic heterocycles. The molecule has 9 heteroatoms. The molecule has 2 aromatic carbocycles. The normalized spacial score (nSPS) is 15.8. The van der Waals surface area contributed by atoms with Gasteiger partial charge in [-0.15, -0.1) is 0 Å². The van der Waals surface area contributed by atoms with Crippen LogP contribution in [0.25, 0.3) is 0 Å². The minimum Gasteiger partial charge on any atom is -0.454 e. The SMILES string of the molecule is O=C(NS(=O)(=O)c1cc(Cl)ccn1)c1ccc2c(c1)CC(c1ccccc1)OC2=O. The molecule has 7 nitrogen and oxygen atoms in total. The maximum atomic E-state index is 12.6. The van der Waals surface area contributed by atoms with Gasteiger partial charge in [-0.2, -0.15) is 8.42 Å². The van der Waals surface area contributed by atoms with E-state index in [2.05, 4.69) is 4.98 Å². The first kappa shape index (κ1) is 20.1. The van der Waals surface area contributed by atoms with E-state index in [9.17, 15) is 18.0 Å². The molecule has 3 aromatic rings. The number of nitrogens with one attached hydrogen (secondary N) is 1. The minimum absolute atomic E-state index is 0.0980. The number of carbonyl (C=O) groups excluding carboxylic acids is 2. The second-order valence-electron chi connectivity index (χ2n) is 6.63. The monoisotopic (exact) mass is 442 g/mol. The van der Waals surface area contributed by atoms with Crippen molar-refractivity contribution < 1.29 is 22.7 Å². The first-order valence-corrected chi connectivity index (χ1v) is 10.8. The Hall–Kier alpha value is -3.23. The summed E-state index contributed by atoms with van der Waals surface area (Å²) in [6, 6.07) is 16.2. The summed E-state index contributed by atoms with van der Waals surface area (Å²) >= 11 is 5.80. The molecule has 1 aliphatic heterocycles. The highest BCUT2D eigenvalue weighted by Crippen LogP contribution is 2.31. The largest absolute Gasteiger partial charge is 0.454 e. The van der Waals surface area contributed by atoms with Gasteiger partial charge in [-0.3, -0.25) is 4.79 Å². The van der Waals surface area contributed by atoms with Gasteiger partial charge in [0.15, 0.2) is 5.03 Å². The Kier molecular flexibility index (Phi) is 5.27. The predicted octanol–water partition coefficient (Wildman–Crippen LogP) is 3.31. The van der Waals surface area contributed by atoms with Crippen LogP contribution in [0.4, 0.5) is 0 Å². The van der Waals surface area contributed by atoms with Crippen LogP contribution in [-0.2, 0) is 21.2 Å². The van der Waals surface area contributed by atoms with Gasteiger partial charge < -0.3 is 4.74 Å². The van der Waals surface area contributed by atoms with Crippen molar-refractivity contribution >= 4 is 33.5 Å². The van der Waals surface area contributed by atoms with Crippen LogP contribution in [-0.4, -0.2) is 25.3 Å². The Labute approximate surface area is 177 Å². The number of carbonyl (C=O) groups is 2. The number of hydrogen-bond donors (Lipinski definition) is 1. The van der Waals surface area contributed by atoms with Gasteiger partial charge in [-0.1, -0.05) is 41.9 Å². The number of rotatable bonds is 4. The number of aromatic nitrogens is 1. The molecule has 1 aliphatic rings. The third-order valence-corrected chi connectivity index (χ3v) is 6.08. The molecule has 152 valence electrons. The molecule has 0 radical (unpaired) electrons. The van der Waals surface area contributed by atoms with Gasteiger partial charge in [0.05, 0.1) is 5.56 Å². The summed E-state index contributed by atoms with van der Waals surface area (Å²) in [6.45, 7) is 0. The number of benzene rings is 2. The molecule has 1 N–H and O–H groups in total. The molecular formula is C21H15ClN2O5S. The van der Waals surface area contributed by atoms with E-state index in [0.29, 0.717) is 17.5 Å². The van der Waals surface area contributed by atoms with Crippen LogP contribution in [0.5, 0.6) is 0 Å². The van der Waals surface area contributed by atoms with Crippen molar-refractivity contribution in [1.82, 2.24) is 9.71 Å². The smallest absolute Gasteiger partial charge is 0.339 e. The first-order chi connectivity index (χ1) is 14.3. The Morgan fingerprint density at radius 3 is 2.60 bits per heavy atom. The fraction of sp³-hybridized carbons (Fsp3) is 0.0952. The number of ether oxygens (including phenoxy) is 1. The lowest BCUT2D eigenvalue weighted by Gasteiger charge is -2.25. The van der Waals surface area contributed by atoms with E-state index in [0.717, 1.165) is 11.6 Å². The lowest BCUT2D eigenvalue weighted by Crippen LogP contribution is -2.31. The second kappa shape index (κ2) is 7.89. The second-order valence-corrected chi connectivity index (χ2v) is 8.69. The third kappa shape index (κ3) is 4.05. The average Bonchev–Trinajstić information content (AvgIpc) is 2.73. The van der Waals surface area contributed by atoms with Gasteiger partial charge in [-0.05, 0) is 41.5 Å². The predicted molar refractivity (Wildman–Crippen MR) is 109 cm³/mol. The molecule has 0 aliphatic carbocycles. The van der Waals surface area contributed by atoms with Crippen molar-refractivity contribution in [3.05, 3.63) is 94.1 Å². The molecule has 0 saturated heterocycles. The van der Waals surface area contributed by atoms with Crippen LogP contribution in [0.1, 0.15) is 37.9 Å². The van der Waals surface area contributed by atoms with E-state index < -0.39 is 28.0 Å². The highest BCUT2D eigenvalue weighted by atomic mass is 35.5. The van der Waals surface area contributed by atoms with E-state index in [4.69, 9.17) is 16.3 Å². The summed E-state index contributed by atoms with van der Waals surface area (Å²) in [7, 11) is -4.20. The first-order valence-electron chi connectivity index (χ1n) is 8.91. The van der Waals surface area contributed by atoms with Gasteiger partial charge in [0.25, 0.3) is 15.9 Å². The summed E-state index contributed by atoms with van der Waals surface area (Å²) in [5.41, 5.74) is 1.88. The summed E-state index contributed by atoms with van der Waals surface area (Å²) in [4.78, 5) is 28.7. The number of cyclic esters (lactones) is 1. The topological polar surface area (TPSA) is 102 Å². The standard InChI is InChI=1S/C21H15ClN2O5S/c22-16-8-9-23-19(12-16)30(27,28)24-20(25)14-6-7-17-15(10-14)11-18(29-21(17)26)13-4-2-1-3-5-13/h1-10,12,18H,11H2,(H,24,25). The molecule has 0 fully saturated rings. The number of halogens is 1. The molecule has 0 bridgehead atoms. The Morgan fingerprint density at radius 2 is 1.87 bits per heavy atom. The fourth-order valence-electron chi connectivity index (χ4n) is 3.16. The van der Waals surface area contributed by atoms with Gasteiger partial charge in [0.2, 0.25) is 0 Å². The molecule has 30 heavy (non-hydrogen) atoms. The summed E-state index contributed by atoms with van der Waals surface area (Å²) < 4.78 is 32.3. The Balaban J connectivity index is 1.59. The minimum atomic E-state index is -4.20. The Morgan fingerprint density at radius 1 is 1.10 bits per heavy atom. The zero-order valence-corrected chi connectivity index (χ0v) is 17.0. The van der Waals surface area contributed by atoms with Crippen molar-refractivity contribution in [3.8, 4) is 0 Å². The maximum Gasteiger partial charge on any atom is 0.339 e. The van der Waals surface area contributed by atoms with Crippen LogP contribution in [0, 0.1) is 0 Å². The van der Waals surface area contributed by atoms with Gasteiger partial charge >= 0.3 is 5.97 Å². The van der Waals surface area contributed by atoms with Gasteiger partial charge in [0, 0.05) is 23.2 Å². The number of nitrogens with zero attached hydrogens (tertiary/aromatic N) is 1. The summed E-state index contributed by atoms with van der Waals surface area (Å²) in [5.74, 6) is -1.33. The number of amides is 1. The molecule has 2 heterocycles. The van der Waals surface area contributed by atoms with Crippen LogP contribution in [0.2, 0.25) is 5.02 Å². The van der Waals surface area contributed by atoms with E-state index >= 15 is 0 Å². The van der Waals surface area contributed by atoms with Crippen LogP contribution in [0.15, 0.2) is 71.9 Å². The van der Waals surface area contributed by atoms with Crippen LogP contribution >= 0.6 is 11.6 Å².